The molecule has 4 nitrogen and oxygen atoms in total. The number of urea groups is 1. The quantitative estimate of drug-likeness (QED) is 0.877. The smallest absolute Gasteiger partial charge is 0.305 e. The molecule has 1 aliphatic carbocycles. The lowest BCUT2D eigenvalue weighted by atomic mass is 10.1. The molecule has 2 N–H and O–H groups in total. The molecule has 0 spiro atoms. The molecule has 0 radical (unpaired) electrons. The number of thiophene rings is 1. The fraction of sp³-hybridized carbons (Fsp3) is 0.200. The molecule has 1 aliphatic rings. The Labute approximate surface area is 129 Å². The summed E-state index contributed by atoms with van der Waals surface area (Å²) in [6.45, 7) is 0. The normalized spacial score (nSPS) is 12.6. The molecule has 0 unspecified atom stereocenters. The summed E-state index contributed by atoms with van der Waals surface area (Å²) in [5.74, 6) is -1.57. The SMILES string of the molecule is N#Cc1c(NC(=O)Nc2ccc(F)cc2F)sc2c1CCC2. The molecule has 112 valence electrons. The van der Waals surface area contributed by atoms with E-state index in [0.717, 1.165) is 41.8 Å². The monoisotopic (exact) mass is 319 g/mol. The summed E-state index contributed by atoms with van der Waals surface area (Å²) in [6.07, 6.45) is 2.76. The van der Waals surface area contributed by atoms with E-state index < -0.39 is 17.7 Å². The highest BCUT2D eigenvalue weighted by atomic mass is 32.1. The van der Waals surface area contributed by atoms with Crippen LogP contribution in [0.2, 0.25) is 0 Å². The summed E-state index contributed by atoms with van der Waals surface area (Å²) in [5.41, 5.74) is 1.35. The van der Waals surface area contributed by atoms with Crippen LogP contribution in [0, 0.1) is 23.0 Å². The molecular weight excluding hydrogens is 308 g/mol. The third kappa shape index (κ3) is 2.65. The van der Waals surface area contributed by atoms with Crippen molar-refractivity contribution in [2.45, 2.75) is 19.3 Å². The van der Waals surface area contributed by atoms with E-state index in [1.54, 1.807) is 0 Å². The first-order valence-corrected chi connectivity index (χ1v) is 7.48. The van der Waals surface area contributed by atoms with E-state index in [-0.39, 0.29) is 5.69 Å². The van der Waals surface area contributed by atoms with Crippen molar-refractivity contribution in [3.63, 3.8) is 0 Å². The van der Waals surface area contributed by atoms with E-state index in [1.165, 1.54) is 11.3 Å². The molecule has 7 heteroatoms. The van der Waals surface area contributed by atoms with Gasteiger partial charge in [-0.05, 0) is 37.0 Å². The van der Waals surface area contributed by atoms with Crippen LogP contribution >= 0.6 is 11.3 Å². The summed E-state index contributed by atoms with van der Waals surface area (Å²) in [7, 11) is 0. The van der Waals surface area contributed by atoms with Gasteiger partial charge in [-0.15, -0.1) is 11.3 Å². The number of nitriles is 1. The standard InChI is InChI=1S/C15H11F2N3OS/c16-8-4-5-12(11(17)6-8)19-15(21)20-14-10(7-18)9-2-1-3-13(9)22-14/h4-6H,1-3H2,(H2,19,20,21). The molecule has 0 saturated heterocycles. The van der Waals surface area contributed by atoms with Gasteiger partial charge in [0.2, 0.25) is 0 Å². The number of anilines is 2. The minimum Gasteiger partial charge on any atom is -0.305 e. The third-order valence-electron chi connectivity index (χ3n) is 3.44. The highest BCUT2D eigenvalue weighted by molar-refractivity contribution is 7.16. The highest BCUT2D eigenvalue weighted by Gasteiger charge is 2.23. The van der Waals surface area contributed by atoms with Crippen LogP contribution in [0.4, 0.5) is 24.3 Å². The van der Waals surface area contributed by atoms with Crippen LogP contribution in [-0.4, -0.2) is 6.03 Å². The summed E-state index contributed by atoms with van der Waals surface area (Å²) in [5, 5.41) is 14.6. The number of halogens is 2. The van der Waals surface area contributed by atoms with Gasteiger partial charge in [0.15, 0.2) is 0 Å². The van der Waals surface area contributed by atoms with E-state index in [0.29, 0.717) is 16.6 Å². The summed E-state index contributed by atoms with van der Waals surface area (Å²) < 4.78 is 26.3. The number of rotatable bonds is 2. The fourth-order valence-electron chi connectivity index (χ4n) is 2.46. The lowest BCUT2D eigenvalue weighted by molar-refractivity contribution is 0.262. The molecule has 0 atom stereocenters. The number of carbonyl (C=O) groups excluding carboxylic acids is 1. The maximum absolute atomic E-state index is 13.5. The van der Waals surface area contributed by atoms with E-state index in [2.05, 4.69) is 16.7 Å². The van der Waals surface area contributed by atoms with Crippen molar-refractivity contribution >= 4 is 28.1 Å². The maximum Gasteiger partial charge on any atom is 0.324 e. The zero-order chi connectivity index (χ0) is 15.7. The number of carbonyl (C=O) groups is 1. The molecule has 0 saturated carbocycles. The summed E-state index contributed by atoms with van der Waals surface area (Å²) in [4.78, 5) is 13.0. The van der Waals surface area contributed by atoms with Gasteiger partial charge < -0.3 is 5.32 Å². The topological polar surface area (TPSA) is 64.9 Å². The van der Waals surface area contributed by atoms with Gasteiger partial charge in [-0.3, -0.25) is 5.32 Å². The first kappa shape index (κ1) is 14.5. The van der Waals surface area contributed by atoms with E-state index in [1.807, 2.05) is 0 Å². The van der Waals surface area contributed by atoms with Crippen LogP contribution in [0.5, 0.6) is 0 Å². The number of nitrogens with one attached hydrogen (secondary N) is 2. The number of hydrogen-bond donors (Lipinski definition) is 2. The molecule has 0 fully saturated rings. The first-order valence-electron chi connectivity index (χ1n) is 6.66. The lowest BCUT2D eigenvalue weighted by Gasteiger charge is -2.07. The molecule has 2 amide bonds. The number of nitrogens with zero attached hydrogens (tertiary/aromatic N) is 1. The molecular formula is C15H11F2N3OS. The van der Waals surface area contributed by atoms with Gasteiger partial charge in [-0.2, -0.15) is 5.26 Å². The van der Waals surface area contributed by atoms with Crippen molar-refractivity contribution in [3.8, 4) is 6.07 Å². The molecule has 22 heavy (non-hydrogen) atoms. The number of fused-ring (bicyclic) bond motifs is 1. The van der Waals surface area contributed by atoms with Crippen LogP contribution in [0.3, 0.4) is 0 Å². The van der Waals surface area contributed by atoms with Crippen LogP contribution in [-0.2, 0) is 12.8 Å². The molecule has 3 rings (SSSR count). The van der Waals surface area contributed by atoms with Crippen LogP contribution in [0.1, 0.15) is 22.4 Å². The lowest BCUT2D eigenvalue weighted by Crippen LogP contribution is -2.20. The number of hydrogen-bond acceptors (Lipinski definition) is 3. The molecule has 0 aliphatic heterocycles. The molecule has 1 aromatic carbocycles. The Kier molecular flexibility index (Phi) is 3.77. The van der Waals surface area contributed by atoms with Crippen LogP contribution < -0.4 is 10.6 Å². The molecule has 1 heterocycles. The Balaban J connectivity index is 1.76. The van der Waals surface area contributed by atoms with Gasteiger partial charge in [-0.25, -0.2) is 13.6 Å². The van der Waals surface area contributed by atoms with Crippen molar-refractivity contribution < 1.29 is 13.6 Å². The molecule has 0 bridgehead atoms. The Morgan fingerprint density at radius 3 is 2.82 bits per heavy atom. The maximum atomic E-state index is 13.5. The Bertz CT molecular complexity index is 795. The number of amides is 2. The van der Waals surface area contributed by atoms with Crippen molar-refractivity contribution in [3.05, 3.63) is 45.8 Å². The van der Waals surface area contributed by atoms with E-state index >= 15 is 0 Å². The van der Waals surface area contributed by atoms with Gasteiger partial charge in [0.25, 0.3) is 0 Å². The van der Waals surface area contributed by atoms with Crippen molar-refractivity contribution in [1.29, 1.82) is 5.26 Å². The second kappa shape index (κ2) is 5.73. The van der Waals surface area contributed by atoms with Gasteiger partial charge in [-0.1, -0.05) is 0 Å². The van der Waals surface area contributed by atoms with Gasteiger partial charge in [0.1, 0.15) is 22.7 Å². The third-order valence-corrected chi connectivity index (χ3v) is 4.65. The Morgan fingerprint density at radius 1 is 1.27 bits per heavy atom. The summed E-state index contributed by atoms with van der Waals surface area (Å²) >= 11 is 1.37. The average Bonchev–Trinajstić information content (AvgIpc) is 3.02. The zero-order valence-corrected chi connectivity index (χ0v) is 12.2. The van der Waals surface area contributed by atoms with E-state index in [4.69, 9.17) is 0 Å². The van der Waals surface area contributed by atoms with Crippen LogP contribution in [0.15, 0.2) is 18.2 Å². The minimum atomic E-state index is -0.857. The van der Waals surface area contributed by atoms with Crippen LogP contribution in [0.25, 0.3) is 0 Å². The molecule has 2 aromatic rings. The zero-order valence-electron chi connectivity index (χ0n) is 11.4. The van der Waals surface area contributed by atoms with Crippen molar-refractivity contribution in [2.75, 3.05) is 10.6 Å². The van der Waals surface area contributed by atoms with Gasteiger partial charge in [0, 0.05) is 10.9 Å². The first-order chi connectivity index (χ1) is 10.6. The van der Waals surface area contributed by atoms with Gasteiger partial charge in [0.05, 0.1) is 11.3 Å². The fourth-order valence-corrected chi connectivity index (χ4v) is 3.69. The van der Waals surface area contributed by atoms with Crippen molar-refractivity contribution in [1.82, 2.24) is 0 Å². The molecule has 1 aromatic heterocycles. The average molecular weight is 319 g/mol. The summed E-state index contributed by atoms with van der Waals surface area (Å²) in [6, 6.07) is 4.33. The predicted molar refractivity (Wildman–Crippen MR) is 80.1 cm³/mol. The number of aryl methyl sites for hydroxylation is 1. The van der Waals surface area contributed by atoms with E-state index in [9.17, 15) is 18.8 Å². The van der Waals surface area contributed by atoms with Crippen molar-refractivity contribution in [2.24, 2.45) is 0 Å². The Hall–Kier alpha value is -2.46. The largest absolute Gasteiger partial charge is 0.324 e. The predicted octanol–water partition coefficient (Wildman–Crippen LogP) is 4.03. The Morgan fingerprint density at radius 2 is 2.09 bits per heavy atom. The van der Waals surface area contributed by atoms with Gasteiger partial charge >= 0.3 is 6.03 Å². The second-order valence-corrected chi connectivity index (χ2v) is 5.98. The number of benzene rings is 1. The highest BCUT2D eigenvalue weighted by Crippen LogP contribution is 2.38. The second-order valence-electron chi connectivity index (χ2n) is 4.88. The minimum absolute atomic E-state index is 0.124.